The van der Waals surface area contributed by atoms with Gasteiger partial charge >= 0.3 is 0 Å². The topological polar surface area (TPSA) is 43.1 Å². The Hall–Kier alpha value is -1.19. The third-order valence-corrected chi connectivity index (χ3v) is 0.722. The first-order chi connectivity index (χ1) is 4.29. The Balaban J connectivity index is 2.80. The summed E-state index contributed by atoms with van der Waals surface area (Å²) in [5, 5.41) is 11.2. The molecule has 0 N–H and O–H groups in total. The van der Waals surface area contributed by atoms with E-state index in [2.05, 4.69) is 15.3 Å². The fourth-order valence-electron chi connectivity index (χ4n) is 0.478. The van der Waals surface area contributed by atoms with E-state index < -0.39 is 0 Å². The Kier molecular flexibility index (Phi) is 1.58. The van der Waals surface area contributed by atoms with Crippen LogP contribution in [0.15, 0.2) is 17.8 Å². The van der Waals surface area contributed by atoms with Gasteiger partial charge in [-0.25, -0.2) is 4.68 Å². The highest BCUT2D eigenvalue weighted by molar-refractivity contribution is 5.78. The molecular formula is C5H8N4. The normalized spacial score (nSPS) is 9.11. The van der Waals surface area contributed by atoms with E-state index >= 15 is 0 Å². The largest absolute Gasteiger partial charge is 0.208 e. The molecule has 0 saturated carbocycles. The van der Waals surface area contributed by atoms with Gasteiger partial charge in [-0.3, -0.25) is 0 Å². The van der Waals surface area contributed by atoms with Gasteiger partial charge < -0.3 is 0 Å². The van der Waals surface area contributed by atoms with Crippen LogP contribution in [0.4, 0.5) is 0 Å². The molecule has 0 bridgehead atoms. The van der Waals surface area contributed by atoms with Crippen LogP contribution in [0, 0.1) is 0 Å². The molecule has 0 saturated heterocycles. The van der Waals surface area contributed by atoms with Gasteiger partial charge in [-0.05, 0) is 13.8 Å². The molecule has 0 aromatic carbocycles. The molecule has 0 radical (unpaired) electrons. The fourth-order valence-corrected chi connectivity index (χ4v) is 0.478. The molecule has 4 heteroatoms. The van der Waals surface area contributed by atoms with Crippen molar-refractivity contribution in [3.05, 3.63) is 12.7 Å². The van der Waals surface area contributed by atoms with Gasteiger partial charge in [0.15, 0.2) is 0 Å². The number of aromatic nitrogens is 3. The lowest BCUT2D eigenvalue weighted by Crippen LogP contribution is -1.88. The van der Waals surface area contributed by atoms with Crippen molar-refractivity contribution in [2.24, 2.45) is 5.10 Å². The summed E-state index contributed by atoms with van der Waals surface area (Å²) in [5.41, 5.74) is 0.981. The van der Waals surface area contributed by atoms with Crippen LogP contribution in [0.25, 0.3) is 0 Å². The maximum absolute atomic E-state index is 4.03. The average Bonchev–Trinajstić information content (AvgIpc) is 2.15. The Morgan fingerprint density at radius 2 is 1.89 bits per heavy atom. The van der Waals surface area contributed by atoms with Gasteiger partial charge in [0, 0.05) is 5.71 Å². The maximum atomic E-state index is 4.03. The standard InChI is InChI=1S/C5H8N4/c1-5(2)8-9-3-6-7-4-9/h3-4H,1-2H3. The Morgan fingerprint density at radius 3 is 2.33 bits per heavy atom. The first kappa shape index (κ1) is 5.94. The van der Waals surface area contributed by atoms with E-state index in [9.17, 15) is 0 Å². The summed E-state index contributed by atoms with van der Waals surface area (Å²) in [6.07, 6.45) is 3.10. The van der Waals surface area contributed by atoms with E-state index in [0.717, 1.165) is 5.71 Å². The lowest BCUT2D eigenvalue weighted by atomic mass is 10.5. The molecule has 4 nitrogen and oxygen atoms in total. The van der Waals surface area contributed by atoms with Crippen LogP contribution in [0.5, 0.6) is 0 Å². The van der Waals surface area contributed by atoms with E-state index in [1.165, 1.54) is 0 Å². The molecule has 0 aliphatic heterocycles. The molecule has 0 aliphatic rings. The van der Waals surface area contributed by atoms with Crippen LogP contribution in [0.3, 0.4) is 0 Å². The first-order valence-electron chi connectivity index (χ1n) is 2.66. The van der Waals surface area contributed by atoms with Crippen LogP contribution in [-0.2, 0) is 0 Å². The molecule has 0 atom stereocenters. The third kappa shape index (κ3) is 1.64. The van der Waals surface area contributed by atoms with Crippen LogP contribution in [0.2, 0.25) is 0 Å². The van der Waals surface area contributed by atoms with Crippen molar-refractivity contribution >= 4 is 5.71 Å². The molecule has 9 heavy (non-hydrogen) atoms. The Morgan fingerprint density at radius 1 is 1.33 bits per heavy atom. The first-order valence-corrected chi connectivity index (χ1v) is 2.66. The zero-order chi connectivity index (χ0) is 6.69. The molecule has 1 aromatic heterocycles. The lowest BCUT2D eigenvalue weighted by Gasteiger charge is -1.88. The molecule has 48 valence electrons. The second kappa shape index (κ2) is 2.39. The predicted molar refractivity (Wildman–Crippen MR) is 34.2 cm³/mol. The molecule has 1 aromatic rings. The second-order valence-corrected chi connectivity index (χ2v) is 1.89. The van der Waals surface area contributed by atoms with Gasteiger partial charge in [-0.1, -0.05) is 0 Å². The van der Waals surface area contributed by atoms with Crippen LogP contribution in [0.1, 0.15) is 13.8 Å². The summed E-state index contributed by atoms with van der Waals surface area (Å²) in [6, 6.07) is 0. The van der Waals surface area contributed by atoms with Crippen molar-refractivity contribution in [2.45, 2.75) is 13.8 Å². The van der Waals surface area contributed by atoms with Crippen molar-refractivity contribution in [3.63, 3.8) is 0 Å². The van der Waals surface area contributed by atoms with Gasteiger partial charge in [0.05, 0.1) is 0 Å². The van der Waals surface area contributed by atoms with Gasteiger partial charge in [-0.15, -0.1) is 10.2 Å². The van der Waals surface area contributed by atoms with E-state index in [-0.39, 0.29) is 0 Å². The molecule has 0 unspecified atom stereocenters. The quantitative estimate of drug-likeness (QED) is 0.512. The maximum Gasteiger partial charge on any atom is 0.141 e. The fraction of sp³-hybridized carbons (Fsp3) is 0.400. The van der Waals surface area contributed by atoms with Crippen LogP contribution in [-0.4, -0.2) is 20.6 Å². The third-order valence-electron chi connectivity index (χ3n) is 0.722. The molecule has 0 aliphatic carbocycles. The van der Waals surface area contributed by atoms with Gasteiger partial charge in [0.2, 0.25) is 0 Å². The molecule has 1 heterocycles. The number of hydrogen-bond donors (Lipinski definition) is 0. The zero-order valence-corrected chi connectivity index (χ0v) is 5.44. The number of nitrogens with zero attached hydrogens (tertiary/aromatic N) is 4. The number of hydrogen-bond acceptors (Lipinski definition) is 3. The van der Waals surface area contributed by atoms with Gasteiger partial charge in [-0.2, -0.15) is 5.10 Å². The van der Waals surface area contributed by atoms with Crippen molar-refractivity contribution in [3.8, 4) is 0 Å². The Bertz CT molecular complexity index is 195. The summed E-state index contributed by atoms with van der Waals surface area (Å²) in [7, 11) is 0. The van der Waals surface area contributed by atoms with E-state index in [4.69, 9.17) is 0 Å². The molecule has 1 rings (SSSR count). The number of rotatable bonds is 1. The summed E-state index contributed by atoms with van der Waals surface area (Å²) < 4.78 is 1.56. The monoisotopic (exact) mass is 124 g/mol. The minimum Gasteiger partial charge on any atom is -0.208 e. The van der Waals surface area contributed by atoms with Crippen molar-refractivity contribution in [2.75, 3.05) is 0 Å². The average molecular weight is 124 g/mol. The SMILES string of the molecule is CC(C)=Nn1cnnc1. The van der Waals surface area contributed by atoms with Crippen LogP contribution < -0.4 is 0 Å². The highest BCUT2D eigenvalue weighted by atomic mass is 15.4. The van der Waals surface area contributed by atoms with E-state index in [1.807, 2.05) is 13.8 Å². The minimum atomic E-state index is 0.981. The van der Waals surface area contributed by atoms with Crippen molar-refractivity contribution in [1.82, 2.24) is 14.9 Å². The van der Waals surface area contributed by atoms with Crippen molar-refractivity contribution < 1.29 is 0 Å². The zero-order valence-electron chi connectivity index (χ0n) is 5.44. The molecule has 0 amide bonds. The summed E-state index contributed by atoms with van der Waals surface area (Å²) in [4.78, 5) is 0. The van der Waals surface area contributed by atoms with Gasteiger partial charge in [0.1, 0.15) is 12.7 Å². The van der Waals surface area contributed by atoms with Crippen LogP contribution >= 0.6 is 0 Å². The molecule has 0 fully saturated rings. The molecule has 0 spiro atoms. The smallest absolute Gasteiger partial charge is 0.141 e. The summed E-state index contributed by atoms with van der Waals surface area (Å²) in [5.74, 6) is 0. The molecular weight excluding hydrogens is 116 g/mol. The highest BCUT2D eigenvalue weighted by Crippen LogP contribution is 1.81. The second-order valence-electron chi connectivity index (χ2n) is 1.89. The summed E-state index contributed by atoms with van der Waals surface area (Å²) >= 11 is 0. The van der Waals surface area contributed by atoms with Gasteiger partial charge in [0.25, 0.3) is 0 Å². The minimum absolute atomic E-state index is 0.981. The van der Waals surface area contributed by atoms with E-state index in [1.54, 1.807) is 17.3 Å². The lowest BCUT2D eigenvalue weighted by molar-refractivity contribution is 0.869. The predicted octanol–water partition coefficient (Wildman–Crippen LogP) is 0.522. The Labute approximate surface area is 53.2 Å². The van der Waals surface area contributed by atoms with Crippen molar-refractivity contribution in [1.29, 1.82) is 0 Å². The summed E-state index contributed by atoms with van der Waals surface area (Å²) in [6.45, 7) is 3.83. The highest BCUT2D eigenvalue weighted by Gasteiger charge is 1.82. The van der Waals surface area contributed by atoms with E-state index in [0.29, 0.717) is 0 Å².